The van der Waals surface area contributed by atoms with Crippen molar-refractivity contribution in [3.8, 4) is 11.5 Å². The number of fused-ring (bicyclic) bond motifs is 2. The van der Waals surface area contributed by atoms with Gasteiger partial charge in [0.25, 0.3) is 5.91 Å². The zero-order valence-electron chi connectivity index (χ0n) is 48.9. The van der Waals surface area contributed by atoms with Gasteiger partial charge in [-0.25, -0.2) is 0 Å². The molecule has 0 aromatic heterocycles. The summed E-state index contributed by atoms with van der Waals surface area (Å²) in [6, 6.07) is 9.84. The number of amides is 8. The molecule has 0 radical (unpaired) electrons. The van der Waals surface area contributed by atoms with Crippen molar-refractivity contribution in [2.75, 3.05) is 74.1 Å². The number of phenols is 1. The van der Waals surface area contributed by atoms with E-state index in [1.807, 2.05) is 24.3 Å². The number of benzene rings is 3. The predicted molar refractivity (Wildman–Crippen MR) is 317 cm³/mol. The largest absolute Gasteiger partial charge is 0.506 e. The van der Waals surface area contributed by atoms with Gasteiger partial charge in [0.2, 0.25) is 41.4 Å². The standard InChI is InChI=1S/C60H86N12O13/c1-4-5-6-7-8-9-29-85-44-20-18-42(19-21-44)70-27-25-69(26-28-70)41-16-14-39(15-17-41)54(78)65-45-11-10-24-63-57(81)48-31-40(62)34-71(48)59(83)52(36(2)73)68-56(80)46(22-12-38-13-23-50(76)47(30-38)64-51(77)33-61)66-58(82)49-32-43(75)35-72(49)60(84)53(37(3)74)67-55(45)79/h13-21,23,30,36-37,40,43,45-46,48-49,52-53,73-76H,4-12,22,24-29,31-35,61-62H2,1-3H3,(H,63,81)(H,64,77)(H,65,78)(H,66,82)(H,67,79)(H,68,80)/t36-,37-,40+,43-,45+,46+,48+,49+,52+,53+/m1/s1. The fraction of sp³-hybridized carbons (Fsp3) is 0.567. The first-order chi connectivity index (χ1) is 40.7. The minimum atomic E-state index is -1.72. The molecule has 0 spiro atoms. The summed E-state index contributed by atoms with van der Waals surface area (Å²) in [4.78, 5) is 119. The maximum Gasteiger partial charge on any atom is 0.251 e. The molecule has 8 amide bonds. The van der Waals surface area contributed by atoms with Gasteiger partial charge < -0.3 is 88.1 Å². The van der Waals surface area contributed by atoms with E-state index in [2.05, 4.69) is 60.8 Å². The van der Waals surface area contributed by atoms with E-state index in [1.54, 1.807) is 12.1 Å². The van der Waals surface area contributed by atoms with Crippen LogP contribution < -0.4 is 57.9 Å². The summed E-state index contributed by atoms with van der Waals surface area (Å²) >= 11 is 0. The van der Waals surface area contributed by atoms with Crippen LogP contribution in [0.1, 0.15) is 107 Å². The Morgan fingerprint density at radius 2 is 1.32 bits per heavy atom. The molecule has 0 aliphatic carbocycles. The fourth-order valence-electron chi connectivity index (χ4n) is 11.2. The molecule has 4 fully saturated rings. The average Bonchev–Trinajstić information content (AvgIpc) is 4.30. The number of unbranched alkanes of at least 4 members (excludes halogenated alkanes) is 5. The van der Waals surface area contributed by atoms with Crippen LogP contribution in [-0.2, 0) is 40.0 Å². The van der Waals surface area contributed by atoms with E-state index >= 15 is 0 Å². The van der Waals surface area contributed by atoms with E-state index < -0.39 is 114 Å². The van der Waals surface area contributed by atoms with Crippen LogP contribution in [0.2, 0.25) is 0 Å². The number of carbonyl (C=O) groups excluding carboxylic acids is 8. The lowest BCUT2D eigenvalue weighted by Crippen LogP contribution is -2.61. The molecule has 14 N–H and O–H groups in total. The van der Waals surface area contributed by atoms with Crippen molar-refractivity contribution in [3.63, 3.8) is 0 Å². The Morgan fingerprint density at radius 1 is 0.729 bits per heavy atom. The highest BCUT2D eigenvalue weighted by atomic mass is 16.5. The lowest BCUT2D eigenvalue weighted by Gasteiger charge is -2.37. The number of aliphatic hydroxyl groups excluding tert-OH is 3. The molecule has 4 saturated heterocycles. The SMILES string of the molecule is CCCCCCCCOc1ccc(N2CCN(c3ccc(C(=O)N[C@H]4CCCNC(=O)[C@@H]5C[C@H](N)CN5C(=O)[C@H]([C@@H](C)O)NC(=O)[C@H](CCc5ccc(O)c(NC(=O)CN)c5)NC(=O)[C@@H]5C[C@@H](O)CN5C(=O)[C@H]([C@@H](C)O)NC4=O)cc3)CC2)cc1. The van der Waals surface area contributed by atoms with Crippen molar-refractivity contribution in [1.82, 2.24) is 36.4 Å². The molecule has 464 valence electrons. The topological polar surface area (TPSA) is 364 Å². The van der Waals surface area contributed by atoms with E-state index in [4.69, 9.17) is 16.2 Å². The van der Waals surface area contributed by atoms with Crippen LogP contribution in [0.25, 0.3) is 0 Å². The number of ether oxygens (including phenoxy) is 1. The van der Waals surface area contributed by atoms with Gasteiger partial charge in [0, 0.05) is 75.2 Å². The number of nitrogens with one attached hydrogen (secondary N) is 6. The molecule has 85 heavy (non-hydrogen) atoms. The van der Waals surface area contributed by atoms with Crippen LogP contribution in [-0.4, -0.2) is 197 Å². The Kier molecular flexibility index (Phi) is 23.7. The number of hydrogen-bond donors (Lipinski definition) is 12. The van der Waals surface area contributed by atoms with Crippen LogP contribution in [0, 0.1) is 0 Å². The van der Waals surface area contributed by atoms with Gasteiger partial charge in [-0.1, -0.05) is 45.1 Å². The number of piperazine rings is 1. The minimum absolute atomic E-state index is 0.000197. The molecule has 25 nitrogen and oxygen atoms in total. The van der Waals surface area contributed by atoms with Crippen LogP contribution >= 0.6 is 0 Å². The second-order valence-electron chi connectivity index (χ2n) is 22.6. The first-order valence-corrected chi connectivity index (χ1v) is 29.8. The number of anilines is 3. The maximum atomic E-state index is 14.5. The lowest BCUT2D eigenvalue weighted by molar-refractivity contribution is -0.145. The van der Waals surface area contributed by atoms with Gasteiger partial charge in [-0.15, -0.1) is 0 Å². The molecule has 4 aliphatic rings. The third-order valence-corrected chi connectivity index (χ3v) is 16.1. The van der Waals surface area contributed by atoms with Crippen molar-refractivity contribution in [3.05, 3.63) is 77.9 Å². The molecule has 4 heterocycles. The Morgan fingerprint density at radius 3 is 1.94 bits per heavy atom. The van der Waals surface area contributed by atoms with Crippen molar-refractivity contribution in [1.29, 1.82) is 0 Å². The third kappa shape index (κ3) is 17.7. The number of aryl methyl sites for hydroxylation is 1. The molecular weight excluding hydrogens is 1100 g/mol. The molecule has 0 saturated carbocycles. The highest BCUT2D eigenvalue weighted by Crippen LogP contribution is 2.28. The number of nitrogens with zero attached hydrogens (tertiary/aromatic N) is 4. The van der Waals surface area contributed by atoms with Crippen molar-refractivity contribution >= 4 is 64.3 Å². The summed E-state index contributed by atoms with van der Waals surface area (Å²) in [5.74, 6) is -5.84. The van der Waals surface area contributed by atoms with Gasteiger partial charge in [0.1, 0.15) is 47.8 Å². The lowest BCUT2D eigenvalue weighted by atomic mass is 10.0. The predicted octanol–water partition coefficient (Wildman–Crippen LogP) is 0.102. The Balaban J connectivity index is 1.07. The van der Waals surface area contributed by atoms with E-state index in [0.717, 1.165) is 59.5 Å². The Hall–Kier alpha value is -7.58. The van der Waals surface area contributed by atoms with Crippen LogP contribution in [0.4, 0.5) is 17.1 Å². The highest BCUT2D eigenvalue weighted by molar-refractivity contribution is 6.00. The molecule has 4 aliphatic heterocycles. The number of hydrogen-bond acceptors (Lipinski definition) is 17. The molecule has 10 atom stereocenters. The Bertz CT molecular complexity index is 2780. The molecule has 0 bridgehead atoms. The van der Waals surface area contributed by atoms with Crippen LogP contribution in [0.3, 0.4) is 0 Å². The first-order valence-electron chi connectivity index (χ1n) is 29.8. The van der Waals surface area contributed by atoms with E-state index in [9.17, 15) is 58.8 Å². The van der Waals surface area contributed by atoms with Crippen molar-refractivity contribution in [2.24, 2.45) is 11.5 Å². The van der Waals surface area contributed by atoms with Gasteiger partial charge in [-0.2, -0.15) is 0 Å². The first kappa shape index (κ1) is 65.0. The molecule has 7 rings (SSSR count). The molecule has 3 aromatic rings. The van der Waals surface area contributed by atoms with Gasteiger partial charge in [0.05, 0.1) is 37.2 Å². The van der Waals surface area contributed by atoms with Gasteiger partial charge >= 0.3 is 0 Å². The molecule has 0 unspecified atom stereocenters. The number of nitrogens with two attached hydrogens (primary N) is 2. The summed E-state index contributed by atoms with van der Waals surface area (Å²) in [6.45, 7) is 7.41. The summed E-state index contributed by atoms with van der Waals surface area (Å²) in [5.41, 5.74) is 14.5. The number of phenolic OH excluding ortho intramolecular Hbond substituents is 1. The monoisotopic (exact) mass is 1180 g/mol. The molecule has 25 heteroatoms. The van der Waals surface area contributed by atoms with Crippen LogP contribution in [0.15, 0.2) is 66.7 Å². The van der Waals surface area contributed by atoms with E-state index in [-0.39, 0.29) is 75.2 Å². The van der Waals surface area contributed by atoms with Crippen molar-refractivity contribution < 1.29 is 63.5 Å². The number of carbonyl (C=O) groups is 8. The van der Waals surface area contributed by atoms with E-state index in [0.29, 0.717) is 12.2 Å². The number of rotatable bonds is 19. The third-order valence-electron chi connectivity index (χ3n) is 16.1. The zero-order chi connectivity index (χ0) is 61.3. The minimum Gasteiger partial charge on any atom is -0.506 e. The molecular formula is C60H86N12O13. The quantitative estimate of drug-likeness (QED) is 0.0560. The maximum absolute atomic E-state index is 14.5. The second kappa shape index (κ2) is 31.0. The van der Waals surface area contributed by atoms with Gasteiger partial charge in [0.15, 0.2) is 0 Å². The zero-order valence-corrected chi connectivity index (χ0v) is 48.9. The second-order valence-corrected chi connectivity index (χ2v) is 22.6. The smallest absolute Gasteiger partial charge is 0.251 e. The average molecular weight is 1180 g/mol. The van der Waals surface area contributed by atoms with Gasteiger partial charge in [-0.3, -0.25) is 38.4 Å². The number of aromatic hydroxyl groups is 1. The molecule has 3 aromatic carbocycles. The highest BCUT2D eigenvalue weighted by Gasteiger charge is 2.46. The Labute approximate surface area is 495 Å². The van der Waals surface area contributed by atoms with Crippen LogP contribution in [0.5, 0.6) is 11.5 Å². The van der Waals surface area contributed by atoms with Gasteiger partial charge in [-0.05, 0) is 119 Å². The summed E-state index contributed by atoms with van der Waals surface area (Å²) in [7, 11) is 0. The normalized spacial score (nSPS) is 24.7. The number of aliphatic hydroxyl groups is 3. The fourth-order valence-corrected chi connectivity index (χ4v) is 11.2. The summed E-state index contributed by atoms with van der Waals surface area (Å²) in [5, 5.41) is 59.3. The van der Waals surface area contributed by atoms with Crippen molar-refractivity contribution in [2.45, 2.75) is 158 Å². The van der Waals surface area contributed by atoms with E-state index in [1.165, 1.54) is 64.2 Å². The summed E-state index contributed by atoms with van der Waals surface area (Å²) in [6.07, 6.45) is 2.30. The summed E-state index contributed by atoms with van der Waals surface area (Å²) < 4.78 is 5.99.